The first-order chi connectivity index (χ1) is 7.70. The average Bonchev–Trinajstić information content (AvgIpc) is 3.04. The number of nitrogens with one attached hydrogen (secondary N) is 1. The summed E-state index contributed by atoms with van der Waals surface area (Å²) in [5.74, 6) is 1.51. The van der Waals surface area contributed by atoms with Gasteiger partial charge in [-0.05, 0) is 24.0 Å². The van der Waals surface area contributed by atoms with Crippen molar-refractivity contribution in [2.24, 2.45) is 11.8 Å². The summed E-state index contributed by atoms with van der Waals surface area (Å²) in [7, 11) is 1.58. The van der Waals surface area contributed by atoms with E-state index < -0.39 is 0 Å². The van der Waals surface area contributed by atoms with E-state index in [-0.39, 0.29) is 11.8 Å². The van der Waals surface area contributed by atoms with Gasteiger partial charge in [-0.25, -0.2) is 4.98 Å². The Morgan fingerprint density at radius 2 is 2.44 bits per heavy atom. The van der Waals surface area contributed by atoms with Gasteiger partial charge in [0.15, 0.2) is 0 Å². The van der Waals surface area contributed by atoms with Gasteiger partial charge in [-0.1, -0.05) is 6.92 Å². The lowest BCUT2D eigenvalue weighted by Crippen LogP contribution is -2.24. The Kier molecular flexibility index (Phi) is 3.08. The maximum absolute atomic E-state index is 11.6. The van der Waals surface area contributed by atoms with Crippen LogP contribution in [-0.4, -0.2) is 18.0 Å². The zero-order valence-corrected chi connectivity index (χ0v) is 9.56. The highest BCUT2D eigenvalue weighted by atomic mass is 16.5. The molecular formula is C12H16N2O2. The highest BCUT2D eigenvalue weighted by molar-refractivity contribution is 5.81. The molecule has 1 aliphatic carbocycles. The van der Waals surface area contributed by atoms with E-state index in [1.807, 2.05) is 12.1 Å². The van der Waals surface area contributed by atoms with Gasteiger partial charge in [0.2, 0.25) is 11.8 Å². The number of hydrogen-bond acceptors (Lipinski definition) is 3. The maximum atomic E-state index is 11.6. The van der Waals surface area contributed by atoms with Crippen LogP contribution in [0.2, 0.25) is 0 Å². The number of methoxy groups -OCH3 is 1. The van der Waals surface area contributed by atoms with Gasteiger partial charge in [0.1, 0.15) is 0 Å². The SMILES string of the molecule is COc1cc(CNC(=O)[C@@H]2C[C@@H]2C)ccn1. The molecule has 1 fully saturated rings. The second kappa shape index (κ2) is 4.51. The molecule has 1 aromatic rings. The Morgan fingerprint density at radius 1 is 1.69 bits per heavy atom. The van der Waals surface area contributed by atoms with E-state index in [9.17, 15) is 4.79 Å². The zero-order valence-electron chi connectivity index (χ0n) is 9.56. The molecule has 0 unspecified atom stereocenters. The van der Waals surface area contributed by atoms with Crippen LogP contribution in [0.5, 0.6) is 5.88 Å². The molecule has 0 spiro atoms. The molecule has 2 atom stereocenters. The van der Waals surface area contributed by atoms with Gasteiger partial charge in [-0.3, -0.25) is 4.79 Å². The monoisotopic (exact) mass is 220 g/mol. The van der Waals surface area contributed by atoms with Crippen LogP contribution in [0.3, 0.4) is 0 Å². The van der Waals surface area contributed by atoms with Crippen LogP contribution in [0, 0.1) is 11.8 Å². The molecule has 0 aromatic carbocycles. The highest BCUT2D eigenvalue weighted by Crippen LogP contribution is 2.37. The van der Waals surface area contributed by atoms with E-state index in [0.29, 0.717) is 18.3 Å². The van der Waals surface area contributed by atoms with Crippen LogP contribution >= 0.6 is 0 Å². The predicted molar refractivity (Wildman–Crippen MR) is 59.9 cm³/mol. The molecule has 4 heteroatoms. The van der Waals surface area contributed by atoms with Crippen LogP contribution in [0.15, 0.2) is 18.3 Å². The van der Waals surface area contributed by atoms with Gasteiger partial charge in [-0.15, -0.1) is 0 Å². The van der Waals surface area contributed by atoms with Crippen molar-refractivity contribution in [3.8, 4) is 5.88 Å². The van der Waals surface area contributed by atoms with Gasteiger partial charge in [0, 0.05) is 24.7 Å². The van der Waals surface area contributed by atoms with Crippen molar-refractivity contribution >= 4 is 5.91 Å². The standard InChI is InChI=1S/C12H16N2O2/c1-8-5-10(8)12(15)14-7-9-3-4-13-11(6-9)16-2/h3-4,6,8,10H,5,7H2,1-2H3,(H,14,15)/t8-,10+/m0/s1. The minimum absolute atomic E-state index is 0.156. The minimum atomic E-state index is 0.156. The van der Waals surface area contributed by atoms with Crippen molar-refractivity contribution in [2.75, 3.05) is 7.11 Å². The Bertz CT molecular complexity index is 392. The second-order valence-electron chi connectivity index (χ2n) is 4.24. The molecule has 1 aliphatic rings. The van der Waals surface area contributed by atoms with Crippen molar-refractivity contribution < 1.29 is 9.53 Å². The molecule has 86 valence electrons. The first-order valence-electron chi connectivity index (χ1n) is 5.47. The van der Waals surface area contributed by atoms with E-state index in [1.165, 1.54) is 0 Å². The number of aromatic nitrogens is 1. The largest absolute Gasteiger partial charge is 0.481 e. The van der Waals surface area contributed by atoms with E-state index in [2.05, 4.69) is 17.2 Å². The molecule has 0 radical (unpaired) electrons. The molecule has 1 aromatic heterocycles. The molecule has 2 rings (SSSR count). The molecule has 16 heavy (non-hydrogen) atoms. The number of ether oxygens (including phenoxy) is 1. The molecule has 1 saturated carbocycles. The Labute approximate surface area is 95.0 Å². The zero-order chi connectivity index (χ0) is 11.5. The Balaban J connectivity index is 1.86. The number of rotatable bonds is 4. The fourth-order valence-corrected chi connectivity index (χ4v) is 1.68. The van der Waals surface area contributed by atoms with Gasteiger partial charge < -0.3 is 10.1 Å². The summed E-state index contributed by atoms with van der Waals surface area (Å²) < 4.78 is 5.01. The summed E-state index contributed by atoms with van der Waals surface area (Å²) in [4.78, 5) is 15.6. The lowest BCUT2D eigenvalue weighted by molar-refractivity contribution is -0.122. The molecule has 1 amide bonds. The van der Waals surface area contributed by atoms with E-state index in [4.69, 9.17) is 4.74 Å². The van der Waals surface area contributed by atoms with Crippen LogP contribution in [0.25, 0.3) is 0 Å². The average molecular weight is 220 g/mol. The third-order valence-corrected chi connectivity index (χ3v) is 2.92. The van der Waals surface area contributed by atoms with Crippen molar-refractivity contribution in [2.45, 2.75) is 19.9 Å². The first kappa shape index (κ1) is 10.9. The topological polar surface area (TPSA) is 51.2 Å². The third kappa shape index (κ3) is 2.51. The number of amides is 1. The van der Waals surface area contributed by atoms with Crippen molar-refractivity contribution in [3.63, 3.8) is 0 Å². The summed E-state index contributed by atoms with van der Waals surface area (Å²) in [6.07, 6.45) is 2.70. The molecular weight excluding hydrogens is 204 g/mol. The van der Waals surface area contributed by atoms with Gasteiger partial charge >= 0.3 is 0 Å². The lowest BCUT2D eigenvalue weighted by atomic mass is 10.2. The number of nitrogens with zero attached hydrogens (tertiary/aromatic N) is 1. The Morgan fingerprint density at radius 3 is 3.06 bits per heavy atom. The van der Waals surface area contributed by atoms with Crippen LogP contribution in [0.1, 0.15) is 18.9 Å². The summed E-state index contributed by atoms with van der Waals surface area (Å²) in [5.41, 5.74) is 1.01. The van der Waals surface area contributed by atoms with Crippen molar-refractivity contribution in [1.29, 1.82) is 0 Å². The second-order valence-corrected chi connectivity index (χ2v) is 4.24. The van der Waals surface area contributed by atoms with E-state index >= 15 is 0 Å². The number of pyridine rings is 1. The third-order valence-electron chi connectivity index (χ3n) is 2.92. The maximum Gasteiger partial charge on any atom is 0.223 e. The van der Waals surface area contributed by atoms with Crippen molar-refractivity contribution in [3.05, 3.63) is 23.9 Å². The summed E-state index contributed by atoms with van der Waals surface area (Å²) in [6, 6.07) is 3.70. The fourth-order valence-electron chi connectivity index (χ4n) is 1.68. The number of carbonyl (C=O) groups is 1. The van der Waals surface area contributed by atoms with Gasteiger partial charge in [0.05, 0.1) is 7.11 Å². The molecule has 1 N–H and O–H groups in total. The first-order valence-corrected chi connectivity index (χ1v) is 5.47. The summed E-state index contributed by atoms with van der Waals surface area (Å²) in [5, 5.41) is 2.92. The van der Waals surface area contributed by atoms with Gasteiger partial charge in [-0.2, -0.15) is 0 Å². The van der Waals surface area contributed by atoms with Crippen LogP contribution in [0.4, 0.5) is 0 Å². The lowest BCUT2D eigenvalue weighted by Gasteiger charge is -2.05. The van der Waals surface area contributed by atoms with E-state index in [0.717, 1.165) is 12.0 Å². The summed E-state index contributed by atoms with van der Waals surface area (Å²) in [6.45, 7) is 2.64. The smallest absolute Gasteiger partial charge is 0.223 e. The van der Waals surface area contributed by atoms with Gasteiger partial charge in [0.25, 0.3) is 0 Å². The molecule has 1 heterocycles. The molecule has 0 aliphatic heterocycles. The number of carbonyl (C=O) groups excluding carboxylic acids is 1. The quantitative estimate of drug-likeness (QED) is 0.833. The molecule has 4 nitrogen and oxygen atoms in total. The molecule has 0 bridgehead atoms. The predicted octanol–water partition coefficient (Wildman–Crippen LogP) is 1.36. The van der Waals surface area contributed by atoms with E-state index in [1.54, 1.807) is 13.3 Å². The number of hydrogen-bond donors (Lipinski definition) is 1. The summed E-state index contributed by atoms with van der Waals surface area (Å²) >= 11 is 0. The Hall–Kier alpha value is -1.58. The van der Waals surface area contributed by atoms with Crippen molar-refractivity contribution in [1.82, 2.24) is 10.3 Å². The van der Waals surface area contributed by atoms with Crippen LogP contribution in [-0.2, 0) is 11.3 Å². The normalized spacial score (nSPS) is 22.6. The minimum Gasteiger partial charge on any atom is -0.481 e. The highest BCUT2D eigenvalue weighted by Gasteiger charge is 2.38. The van der Waals surface area contributed by atoms with Crippen LogP contribution < -0.4 is 10.1 Å². The fraction of sp³-hybridized carbons (Fsp3) is 0.500. The molecule has 0 saturated heterocycles.